The quantitative estimate of drug-likeness (QED) is 0.743. The molecular formula is C17H23N3O6S. The van der Waals surface area contributed by atoms with Crippen molar-refractivity contribution in [2.75, 3.05) is 38.0 Å². The molecule has 0 bridgehead atoms. The molecule has 1 amide bonds. The van der Waals surface area contributed by atoms with Gasteiger partial charge in [-0.15, -0.1) is 0 Å². The zero-order valence-corrected chi connectivity index (χ0v) is 15.8. The maximum absolute atomic E-state index is 12.5. The molecule has 0 radical (unpaired) electrons. The molecule has 2 heterocycles. The number of likely N-dealkylation sites (tertiary alicyclic amines) is 1. The van der Waals surface area contributed by atoms with Crippen molar-refractivity contribution >= 4 is 22.0 Å². The van der Waals surface area contributed by atoms with Gasteiger partial charge in [-0.3, -0.25) is 4.72 Å². The van der Waals surface area contributed by atoms with Crippen LogP contribution in [0.15, 0.2) is 24.3 Å². The molecule has 3 aliphatic rings. The van der Waals surface area contributed by atoms with Crippen LogP contribution < -0.4 is 9.46 Å². The second-order valence-electron chi connectivity index (χ2n) is 7.33. The summed E-state index contributed by atoms with van der Waals surface area (Å²) < 4.78 is 40.3. The van der Waals surface area contributed by atoms with Gasteiger partial charge in [-0.05, 0) is 30.4 Å². The van der Waals surface area contributed by atoms with Gasteiger partial charge in [0.1, 0.15) is 18.0 Å². The molecule has 2 saturated heterocycles. The van der Waals surface area contributed by atoms with Crippen molar-refractivity contribution in [2.24, 2.45) is 11.8 Å². The van der Waals surface area contributed by atoms with E-state index in [2.05, 4.69) is 4.72 Å². The fourth-order valence-corrected chi connectivity index (χ4v) is 5.14. The highest BCUT2D eigenvalue weighted by molar-refractivity contribution is 7.90. The number of nitrogens with zero attached hydrogens (tertiary/aromatic N) is 2. The Morgan fingerprint density at radius 3 is 2.56 bits per heavy atom. The van der Waals surface area contributed by atoms with Crippen LogP contribution in [0.5, 0.6) is 5.75 Å². The van der Waals surface area contributed by atoms with E-state index in [0.717, 1.165) is 6.42 Å². The average Bonchev–Trinajstić information content (AvgIpc) is 3.03. The number of piperidine rings is 1. The van der Waals surface area contributed by atoms with Gasteiger partial charge in [0.05, 0.1) is 18.8 Å². The highest BCUT2D eigenvalue weighted by Gasteiger charge is 2.48. The summed E-state index contributed by atoms with van der Waals surface area (Å²) in [6.45, 7) is 1.60. The van der Waals surface area contributed by atoms with Crippen LogP contribution in [0.25, 0.3) is 0 Å². The predicted molar refractivity (Wildman–Crippen MR) is 97.0 cm³/mol. The molecule has 148 valence electrons. The van der Waals surface area contributed by atoms with Crippen LogP contribution in [0.3, 0.4) is 0 Å². The van der Waals surface area contributed by atoms with E-state index in [1.54, 1.807) is 24.3 Å². The molecule has 27 heavy (non-hydrogen) atoms. The van der Waals surface area contributed by atoms with Gasteiger partial charge >= 0.3 is 16.3 Å². The molecule has 2 N–H and O–H groups in total. The molecule has 2 aliphatic heterocycles. The summed E-state index contributed by atoms with van der Waals surface area (Å²) in [7, 11) is -2.07. The van der Waals surface area contributed by atoms with Gasteiger partial charge in [0.15, 0.2) is 0 Å². The Hall–Kier alpha value is -2.04. The molecule has 4 atom stereocenters. The van der Waals surface area contributed by atoms with Crippen LogP contribution in [0.2, 0.25) is 0 Å². The zero-order valence-electron chi connectivity index (χ0n) is 14.9. The van der Waals surface area contributed by atoms with Crippen molar-refractivity contribution in [3.05, 3.63) is 24.3 Å². The van der Waals surface area contributed by atoms with Gasteiger partial charge in [-0.1, -0.05) is 6.07 Å². The Morgan fingerprint density at radius 2 is 1.89 bits per heavy atom. The number of amides is 1. The molecule has 1 aromatic rings. The molecule has 1 saturated carbocycles. The van der Waals surface area contributed by atoms with Gasteiger partial charge in [0, 0.05) is 26.3 Å². The van der Waals surface area contributed by atoms with Gasteiger partial charge < -0.3 is 19.5 Å². The summed E-state index contributed by atoms with van der Waals surface area (Å²) in [5, 5.41) is 9.14. The number of ether oxygens (including phenoxy) is 2. The van der Waals surface area contributed by atoms with Crippen molar-refractivity contribution in [3.8, 4) is 5.75 Å². The first-order valence-corrected chi connectivity index (χ1v) is 10.3. The second-order valence-corrected chi connectivity index (χ2v) is 9.00. The first kappa shape index (κ1) is 18.3. The first-order chi connectivity index (χ1) is 12.9. The number of nitrogens with one attached hydrogen (secondary N) is 1. The number of anilines is 1. The van der Waals surface area contributed by atoms with Crippen LogP contribution in [0, 0.1) is 11.8 Å². The lowest BCUT2D eigenvalue weighted by atomic mass is 10.2. The summed E-state index contributed by atoms with van der Waals surface area (Å²) in [4.78, 5) is 12.4. The summed E-state index contributed by atoms with van der Waals surface area (Å²) in [5.74, 6) is 1.49. The minimum Gasteiger partial charge on any atom is -0.486 e. The van der Waals surface area contributed by atoms with Crippen LogP contribution in [-0.4, -0.2) is 74.3 Å². The maximum Gasteiger partial charge on any atom is 0.407 e. The molecule has 10 heteroatoms. The molecule has 1 aliphatic carbocycles. The third kappa shape index (κ3) is 3.83. The van der Waals surface area contributed by atoms with Gasteiger partial charge in [0.2, 0.25) is 0 Å². The molecule has 3 fully saturated rings. The normalized spacial score (nSPS) is 30.2. The van der Waals surface area contributed by atoms with E-state index < -0.39 is 22.4 Å². The number of hydrogen-bond donors (Lipinski definition) is 2. The lowest BCUT2D eigenvalue weighted by Crippen LogP contribution is -2.35. The Bertz CT molecular complexity index is 822. The van der Waals surface area contributed by atoms with Crippen LogP contribution >= 0.6 is 0 Å². The molecule has 0 spiro atoms. The first-order valence-electron chi connectivity index (χ1n) is 8.91. The Balaban J connectivity index is 1.42. The van der Waals surface area contributed by atoms with E-state index in [9.17, 15) is 13.2 Å². The number of carboxylic acid groups (broad SMARTS) is 1. The molecular weight excluding hydrogens is 374 g/mol. The Kier molecular flexibility index (Phi) is 4.65. The van der Waals surface area contributed by atoms with Crippen molar-refractivity contribution in [2.45, 2.75) is 18.6 Å². The van der Waals surface area contributed by atoms with E-state index in [1.165, 1.54) is 16.3 Å². The summed E-state index contributed by atoms with van der Waals surface area (Å²) in [6.07, 6.45) is -0.722. The number of methoxy groups -OCH3 is 1. The van der Waals surface area contributed by atoms with Crippen LogP contribution in [0.1, 0.15) is 6.42 Å². The van der Waals surface area contributed by atoms with E-state index in [1.807, 2.05) is 0 Å². The Morgan fingerprint density at radius 1 is 1.19 bits per heavy atom. The highest BCUT2D eigenvalue weighted by atomic mass is 32.2. The number of rotatable bonds is 6. The second kappa shape index (κ2) is 6.84. The largest absolute Gasteiger partial charge is 0.486 e. The Labute approximate surface area is 158 Å². The zero-order chi connectivity index (χ0) is 19.2. The molecule has 9 nitrogen and oxygen atoms in total. The van der Waals surface area contributed by atoms with Crippen molar-refractivity contribution in [1.82, 2.24) is 9.21 Å². The lowest BCUT2D eigenvalue weighted by molar-refractivity contribution is 0.0341. The third-order valence-corrected chi connectivity index (χ3v) is 6.91. The molecule has 0 aromatic heterocycles. The monoisotopic (exact) mass is 397 g/mol. The number of fused-ring (bicyclic) bond motifs is 1. The van der Waals surface area contributed by atoms with E-state index in [-0.39, 0.29) is 19.2 Å². The van der Waals surface area contributed by atoms with Crippen LogP contribution in [0.4, 0.5) is 10.5 Å². The predicted octanol–water partition coefficient (Wildman–Crippen LogP) is 1.05. The topological polar surface area (TPSA) is 108 Å². The van der Waals surface area contributed by atoms with Gasteiger partial charge in [-0.25, -0.2) is 4.79 Å². The van der Waals surface area contributed by atoms with Gasteiger partial charge in [-0.2, -0.15) is 12.7 Å². The maximum atomic E-state index is 12.5. The van der Waals surface area contributed by atoms with E-state index >= 15 is 0 Å². The fourth-order valence-electron chi connectivity index (χ4n) is 3.81. The minimum absolute atomic E-state index is 0.195. The van der Waals surface area contributed by atoms with Crippen molar-refractivity contribution in [1.29, 1.82) is 0 Å². The highest BCUT2D eigenvalue weighted by Crippen LogP contribution is 2.45. The third-order valence-electron chi connectivity index (χ3n) is 5.44. The number of hydrogen-bond acceptors (Lipinski definition) is 5. The summed E-state index contributed by atoms with van der Waals surface area (Å²) in [5.41, 5.74) is 0.412. The average molecular weight is 397 g/mol. The minimum atomic E-state index is -3.58. The molecule has 2 unspecified atom stereocenters. The van der Waals surface area contributed by atoms with Crippen LogP contribution in [-0.2, 0) is 14.9 Å². The van der Waals surface area contributed by atoms with Crippen molar-refractivity contribution in [3.63, 3.8) is 0 Å². The lowest BCUT2D eigenvalue weighted by Gasteiger charge is -2.21. The van der Waals surface area contributed by atoms with E-state index in [4.69, 9.17) is 14.6 Å². The van der Waals surface area contributed by atoms with Gasteiger partial charge in [0.25, 0.3) is 0 Å². The summed E-state index contributed by atoms with van der Waals surface area (Å²) >= 11 is 0. The molecule has 1 aromatic carbocycles. The number of benzene rings is 1. The standard InChI is InChI=1S/C17H23N3O6S/c1-25-15-9-19(17(21)22)10-16(15)26-14-4-2-3-13(6-14)18-27(23,24)20-7-11-5-12(11)8-20/h2-4,6,11-12,15-16,18H,5,7-10H2,1H3,(H,21,22)/t11?,12?,15-,16-/m1/s1. The molecule has 4 rings (SSSR count). The smallest absolute Gasteiger partial charge is 0.407 e. The van der Waals surface area contributed by atoms with Crippen molar-refractivity contribution < 1.29 is 27.8 Å². The summed E-state index contributed by atoms with van der Waals surface area (Å²) in [6, 6.07) is 6.66. The number of carbonyl (C=O) groups is 1. The van der Waals surface area contributed by atoms with E-state index in [0.29, 0.717) is 36.4 Å². The fraction of sp³-hybridized carbons (Fsp3) is 0.588. The SMILES string of the molecule is CO[C@@H]1CN(C(=O)O)C[C@H]1Oc1cccc(NS(=O)(=O)N2CC3CC3C2)c1.